The third kappa shape index (κ3) is 4.77. The molecule has 0 bridgehead atoms. The van der Waals surface area contributed by atoms with E-state index in [2.05, 4.69) is 29.6 Å². The van der Waals surface area contributed by atoms with Crippen LogP contribution in [-0.4, -0.2) is 53.2 Å². The minimum atomic E-state index is -0.903. The molecule has 5 rings (SSSR count). The number of ether oxygens (including phenoxy) is 1. The Morgan fingerprint density at radius 1 is 0.943 bits per heavy atom. The molecule has 2 aromatic carbocycles. The number of fused-ring (bicyclic) bond motifs is 3. The first-order chi connectivity index (χ1) is 17.0. The lowest BCUT2D eigenvalue weighted by atomic mass is 9.78. The highest BCUT2D eigenvalue weighted by atomic mass is 16.5. The Hall–Kier alpha value is -3.35. The summed E-state index contributed by atoms with van der Waals surface area (Å²) in [7, 11) is 0. The number of carboxylic acid groups (broad SMARTS) is 1. The fourth-order valence-electron chi connectivity index (χ4n) is 5.80. The van der Waals surface area contributed by atoms with Crippen LogP contribution in [0.4, 0.5) is 4.79 Å². The van der Waals surface area contributed by atoms with Crippen LogP contribution in [0.2, 0.25) is 0 Å². The third-order valence-electron chi connectivity index (χ3n) is 7.82. The van der Waals surface area contributed by atoms with E-state index >= 15 is 0 Å². The van der Waals surface area contributed by atoms with Crippen LogP contribution in [0.5, 0.6) is 0 Å². The maximum absolute atomic E-state index is 13.5. The van der Waals surface area contributed by atoms with Gasteiger partial charge in [0.05, 0.1) is 6.42 Å². The molecule has 1 saturated heterocycles. The maximum Gasteiger partial charge on any atom is 0.407 e. The smallest absolute Gasteiger partial charge is 0.407 e. The number of likely N-dealkylation sites (tertiary alicyclic amines) is 1. The molecular formula is C28H32N2O5. The number of aliphatic carboxylic acids is 1. The van der Waals surface area contributed by atoms with Gasteiger partial charge in [-0.2, -0.15) is 0 Å². The molecule has 1 saturated carbocycles. The minimum absolute atomic E-state index is 0.0481. The van der Waals surface area contributed by atoms with E-state index in [1.165, 1.54) is 0 Å². The number of carboxylic acids is 1. The summed E-state index contributed by atoms with van der Waals surface area (Å²) < 4.78 is 5.70. The van der Waals surface area contributed by atoms with Crippen LogP contribution < -0.4 is 5.32 Å². The second-order valence-electron chi connectivity index (χ2n) is 9.92. The molecule has 2 atom stereocenters. The largest absolute Gasteiger partial charge is 0.481 e. The van der Waals surface area contributed by atoms with Crippen molar-refractivity contribution in [1.82, 2.24) is 10.2 Å². The van der Waals surface area contributed by atoms with Gasteiger partial charge in [-0.15, -0.1) is 0 Å². The minimum Gasteiger partial charge on any atom is -0.481 e. The monoisotopic (exact) mass is 476 g/mol. The molecule has 3 aliphatic rings. The molecule has 2 amide bonds. The molecule has 0 spiro atoms. The highest BCUT2D eigenvalue weighted by Crippen LogP contribution is 2.44. The average Bonchev–Trinajstić information content (AvgIpc) is 3.14. The van der Waals surface area contributed by atoms with Gasteiger partial charge < -0.3 is 20.1 Å². The van der Waals surface area contributed by atoms with Crippen molar-refractivity contribution in [2.45, 2.75) is 62.9 Å². The fraction of sp³-hybridized carbons (Fsp3) is 0.464. The number of nitrogens with zero attached hydrogens (tertiary/aromatic N) is 1. The van der Waals surface area contributed by atoms with E-state index in [1.807, 2.05) is 24.3 Å². The summed E-state index contributed by atoms with van der Waals surface area (Å²) in [5, 5.41) is 12.2. The Bertz CT molecular complexity index is 1070. The Kier molecular flexibility index (Phi) is 6.75. The summed E-state index contributed by atoms with van der Waals surface area (Å²) in [6.07, 6.45) is 4.56. The van der Waals surface area contributed by atoms with Crippen molar-refractivity contribution in [2.75, 3.05) is 13.2 Å². The molecular weight excluding hydrogens is 444 g/mol. The van der Waals surface area contributed by atoms with E-state index in [-0.39, 0.29) is 36.8 Å². The zero-order chi connectivity index (χ0) is 24.4. The predicted octanol–water partition coefficient (Wildman–Crippen LogP) is 4.55. The maximum atomic E-state index is 13.5. The predicted molar refractivity (Wildman–Crippen MR) is 131 cm³/mol. The molecule has 2 unspecified atom stereocenters. The molecule has 0 radical (unpaired) electrons. The fourth-order valence-corrected chi connectivity index (χ4v) is 5.80. The van der Waals surface area contributed by atoms with Gasteiger partial charge >= 0.3 is 12.1 Å². The van der Waals surface area contributed by atoms with Crippen LogP contribution in [0.3, 0.4) is 0 Å². The second-order valence-corrected chi connectivity index (χ2v) is 9.92. The number of carbonyl (C=O) groups is 3. The number of carbonyl (C=O) groups excluding carboxylic acids is 2. The molecule has 7 heteroatoms. The van der Waals surface area contributed by atoms with Gasteiger partial charge in [0.2, 0.25) is 5.91 Å². The Balaban J connectivity index is 1.27. The van der Waals surface area contributed by atoms with Gasteiger partial charge in [-0.05, 0) is 60.3 Å². The van der Waals surface area contributed by atoms with Crippen molar-refractivity contribution in [2.24, 2.45) is 5.92 Å². The number of amides is 2. The van der Waals surface area contributed by atoms with Gasteiger partial charge in [0.25, 0.3) is 0 Å². The molecule has 184 valence electrons. The number of piperidine rings is 1. The van der Waals surface area contributed by atoms with Crippen LogP contribution in [0.15, 0.2) is 48.5 Å². The number of rotatable bonds is 7. The van der Waals surface area contributed by atoms with E-state index in [0.29, 0.717) is 13.0 Å². The number of alkyl carbamates (subject to hydrolysis) is 1. The summed E-state index contributed by atoms with van der Waals surface area (Å²) in [5.74, 6) is -1.06. The van der Waals surface area contributed by atoms with Crippen molar-refractivity contribution < 1.29 is 24.2 Å². The Morgan fingerprint density at radius 3 is 2.20 bits per heavy atom. The van der Waals surface area contributed by atoms with Crippen molar-refractivity contribution in [1.29, 1.82) is 0 Å². The van der Waals surface area contributed by atoms with Gasteiger partial charge in [-0.3, -0.25) is 9.59 Å². The van der Waals surface area contributed by atoms with Gasteiger partial charge in [-0.1, -0.05) is 55.0 Å². The van der Waals surface area contributed by atoms with Crippen molar-refractivity contribution in [3.63, 3.8) is 0 Å². The third-order valence-corrected chi connectivity index (χ3v) is 7.82. The van der Waals surface area contributed by atoms with Crippen LogP contribution in [-0.2, 0) is 14.3 Å². The first kappa shape index (κ1) is 23.4. The topological polar surface area (TPSA) is 95.9 Å². The number of nitrogens with one attached hydrogen (secondary N) is 1. The molecule has 2 aromatic rings. The van der Waals surface area contributed by atoms with Crippen LogP contribution in [0.1, 0.15) is 62.0 Å². The lowest BCUT2D eigenvalue weighted by Gasteiger charge is -2.41. The SMILES string of the molecule is O=C(O)CC1CCCCN1C(=O)C(NC(=O)OCC1c2ccccc2-c2ccccc21)C1CCC1. The van der Waals surface area contributed by atoms with Gasteiger partial charge in [0, 0.05) is 18.5 Å². The van der Waals surface area contributed by atoms with Crippen LogP contribution in [0, 0.1) is 5.92 Å². The van der Waals surface area contributed by atoms with Crippen LogP contribution in [0.25, 0.3) is 11.1 Å². The lowest BCUT2D eigenvalue weighted by Crippen LogP contribution is -2.57. The molecule has 1 heterocycles. The molecule has 35 heavy (non-hydrogen) atoms. The molecule has 7 nitrogen and oxygen atoms in total. The molecule has 2 fully saturated rings. The van der Waals surface area contributed by atoms with E-state index in [1.54, 1.807) is 4.90 Å². The summed E-state index contributed by atoms with van der Waals surface area (Å²) in [6, 6.07) is 15.3. The van der Waals surface area contributed by atoms with E-state index in [9.17, 15) is 19.5 Å². The lowest BCUT2D eigenvalue weighted by molar-refractivity contribution is -0.144. The second kappa shape index (κ2) is 10.1. The number of hydrogen-bond donors (Lipinski definition) is 2. The van der Waals surface area contributed by atoms with Crippen molar-refractivity contribution in [3.05, 3.63) is 59.7 Å². The Morgan fingerprint density at radius 2 is 1.60 bits per heavy atom. The molecule has 1 aliphatic heterocycles. The molecule has 0 aromatic heterocycles. The van der Waals surface area contributed by atoms with E-state index in [0.717, 1.165) is 54.4 Å². The van der Waals surface area contributed by atoms with Gasteiger partial charge in [0.1, 0.15) is 12.6 Å². The normalized spacial score (nSPS) is 20.3. The summed E-state index contributed by atoms with van der Waals surface area (Å²) in [4.78, 5) is 39.5. The first-order valence-corrected chi connectivity index (χ1v) is 12.7. The van der Waals surface area contributed by atoms with E-state index in [4.69, 9.17) is 4.74 Å². The average molecular weight is 477 g/mol. The first-order valence-electron chi connectivity index (χ1n) is 12.7. The quantitative estimate of drug-likeness (QED) is 0.611. The van der Waals surface area contributed by atoms with Gasteiger partial charge in [0.15, 0.2) is 0 Å². The van der Waals surface area contributed by atoms with Crippen LogP contribution >= 0.6 is 0 Å². The molecule has 2 N–H and O–H groups in total. The zero-order valence-electron chi connectivity index (χ0n) is 19.8. The summed E-state index contributed by atoms with van der Waals surface area (Å²) >= 11 is 0. The summed E-state index contributed by atoms with van der Waals surface area (Å²) in [6.45, 7) is 0.725. The highest BCUT2D eigenvalue weighted by molar-refractivity contribution is 5.87. The van der Waals surface area contributed by atoms with Gasteiger partial charge in [-0.25, -0.2) is 4.79 Å². The number of hydrogen-bond acceptors (Lipinski definition) is 4. The Labute approximate surface area is 205 Å². The molecule has 2 aliphatic carbocycles. The highest BCUT2D eigenvalue weighted by Gasteiger charge is 2.40. The van der Waals surface area contributed by atoms with E-state index < -0.39 is 18.1 Å². The standard InChI is InChI=1S/C28H32N2O5/c31-25(32)16-19-10-5-6-15-30(19)27(33)26(18-8-7-9-18)29-28(34)35-17-24-22-13-3-1-11-20(22)21-12-2-4-14-23(21)24/h1-4,11-14,18-19,24,26H,5-10,15-17H2,(H,29,34)(H,31,32). The zero-order valence-corrected chi connectivity index (χ0v) is 19.8. The van der Waals surface area contributed by atoms with Crippen molar-refractivity contribution >= 4 is 18.0 Å². The summed E-state index contributed by atoms with van der Waals surface area (Å²) in [5.41, 5.74) is 4.60. The number of benzene rings is 2. The van der Waals surface area contributed by atoms with Crippen molar-refractivity contribution in [3.8, 4) is 11.1 Å².